The molecule has 1 aliphatic heterocycles. The van der Waals surface area contributed by atoms with E-state index in [2.05, 4.69) is 24.1 Å². The molecular formula is C34H36FN3O4. The van der Waals surface area contributed by atoms with Crippen LogP contribution in [0.1, 0.15) is 68.1 Å². The molecule has 218 valence electrons. The van der Waals surface area contributed by atoms with Gasteiger partial charge in [0.25, 0.3) is 0 Å². The van der Waals surface area contributed by atoms with Gasteiger partial charge < -0.3 is 19.9 Å². The third-order valence-corrected chi connectivity index (χ3v) is 8.78. The Morgan fingerprint density at radius 3 is 2.64 bits per heavy atom. The van der Waals surface area contributed by atoms with Crippen LogP contribution >= 0.6 is 0 Å². The summed E-state index contributed by atoms with van der Waals surface area (Å²) in [6.07, 6.45) is 4.22. The number of halogens is 1. The summed E-state index contributed by atoms with van der Waals surface area (Å²) >= 11 is 0. The maximum Gasteiger partial charge on any atom is 0.163 e. The van der Waals surface area contributed by atoms with Crippen LogP contribution in [-0.4, -0.2) is 46.7 Å². The summed E-state index contributed by atoms with van der Waals surface area (Å²) < 4.78 is 25.5. The summed E-state index contributed by atoms with van der Waals surface area (Å²) in [6, 6.07) is 15.3. The number of hydrogen-bond acceptors (Lipinski definition) is 7. The van der Waals surface area contributed by atoms with Crippen molar-refractivity contribution in [3.63, 3.8) is 0 Å². The van der Waals surface area contributed by atoms with Gasteiger partial charge in [0.05, 0.1) is 19.4 Å². The van der Waals surface area contributed by atoms with Crippen molar-refractivity contribution in [2.45, 2.75) is 63.0 Å². The van der Waals surface area contributed by atoms with E-state index in [1.165, 1.54) is 12.1 Å². The van der Waals surface area contributed by atoms with E-state index in [1.54, 1.807) is 44.5 Å². The van der Waals surface area contributed by atoms with Gasteiger partial charge in [-0.3, -0.25) is 9.78 Å². The lowest BCUT2D eigenvalue weighted by molar-refractivity contribution is 0.0396. The Balaban J connectivity index is 1.32. The number of nitrogens with zero attached hydrogens (tertiary/aromatic N) is 2. The molecule has 0 saturated heterocycles. The highest BCUT2D eigenvalue weighted by Crippen LogP contribution is 2.46. The molecule has 1 fully saturated rings. The Labute approximate surface area is 245 Å². The Bertz CT molecular complexity index is 1670. The van der Waals surface area contributed by atoms with Crippen molar-refractivity contribution in [1.29, 1.82) is 0 Å². The monoisotopic (exact) mass is 569 g/mol. The zero-order valence-corrected chi connectivity index (χ0v) is 24.5. The molecule has 7 nitrogen and oxygen atoms in total. The Hall–Kier alpha value is -3.88. The number of ether oxygens (including phenoxy) is 2. The van der Waals surface area contributed by atoms with Crippen LogP contribution in [-0.2, 0) is 11.0 Å². The minimum Gasteiger partial charge on any atom is -0.494 e. The van der Waals surface area contributed by atoms with Crippen LogP contribution in [0.3, 0.4) is 0 Å². The molecular weight excluding hydrogens is 533 g/mol. The highest BCUT2D eigenvalue weighted by atomic mass is 19.1. The number of rotatable bonds is 10. The van der Waals surface area contributed by atoms with Crippen molar-refractivity contribution in [1.82, 2.24) is 15.3 Å². The molecule has 1 saturated carbocycles. The third kappa shape index (κ3) is 5.37. The number of fused-ring (bicyclic) bond motifs is 2. The predicted octanol–water partition coefficient (Wildman–Crippen LogP) is 6.11. The second-order valence-electron chi connectivity index (χ2n) is 12.5. The number of Topliss-reactive ketones (excluding diaryl/α,β-unsaturated/α-hetero) is 1. The molecule has 4 aromatic rings. The SMILES string of the molecule is COc1cc(C(=O)CC[C@](C)(O)c2cc3c(c(-c4ccc(F)cc4)n2)OC[C@]3(C)CNC2(C)CC2)cc2cccnc12. The standard InChI is InChI=1S/C34H36FN3O4/c1-32(19-37-33(2)13-14-33)20-42-31-25(32)18-28(38-30(31)21-7-9-24(35)10-8-21)34(3,40)12-11-26(39)23-16-22-6-5-15-36-29(22)27(17-23)41-4/h5-10,15-18,37,40H,11-14,19-20H2,1-4H3/t32-,34-/m0/s1. The van der Waals surface area contributed by atoms with Gasteiger partial charge in [0, 0.05) is 52.2 Å². The number of aliphatic hydroxyl groups is 1. The van der Waals surface area contributed by atoms with Crippen LogP contribution in [0.4, 0.5) is 4.39 Å². The summed E-state index contributed by atoms with van der Waals surface area (Å²) in [5.41, 5.74) is 2.22. The normalized spacial score (nSPS) is 20.0. The summed E-state index contributed by atoms with van der Waals surface area (Å²) in [7, 11) is 1.55. The first-order valence-electron chi connectivity index (χ1n) is 14.4. The molecule has 2 aromatic heterocycles. The molecule has 3 heterocycles. The maximum absolute atomic E-state index is 13.8. The van der Waals surface area contributed by atoms with Crippen molar-refractivity contribution >= 4 is 16.7 Å². The third-order valence-electron chi connectivity index (χ3n) is 8.78. The van der Waals surface area contributed by atoms with Crippen molar-refractivity contribution in [3.8, 4) is 22.8 Å². The van der Waals surface area contributed by atoms with Crippen LogP contribution in [0.15, 0.2) is 60.8 Å². The number of benzene rings is 2. The van der Waals surface area contributed by atoms with Crippen molar-refractivity contribution < 1.29 is 23.8 Å². The molecule has 2 aliphatic rings. The number of carbonyl (C=O) groups excluding carboxylic acids is 1. The van der Waals surface area contributed by atoms with Crippen molar-refractivity contribution in [2.75, 3.05) is 20.3 Å². The Morgan fingerprint density at radius 1 is 1.17 bits per heavy atom. The van der Waals surface area contributed by atoms with Gasteiger partial charge in [-0.05, 0) is 81.6 Å². The molecule has 6 rings (SSSR count). The number of ketones is 1. The topological polar surface area (TPSA) is 93.6 Å². The van der Waals surface area contributed by atoms with Gasteiger partial charge in [-0.1, -0.05) is 13.0 Å². The van der Waals surface area contributed by atoms with E-state index in [9.17, 15) is 14.3 Å². The Kier molecular flexibility index (Phi) is 7.02. The molecule has 8 heteroatoms. The lowest BCUT2D eigenvalue weighted by Crippen LogP contribution is -2.42. The van der Waals surface area contributed by atoms with E-state index < -0.39 is 5.60 Å². The summed E-state index contributed by atoms with van der Waals surface area (Å²) in [6.45, 7) is 7.23. The minimum absolute atomic E-state index is 0.0975. The molecule has 2 N–H and O–H groups in total. The zero-order valence-electron chi connectivity index (χ0n) is 24.5. The van der Waals surface area contributed by atoms with Crippen LogP contribution in [0.2, 0.25) is 0 Å². The lowest BCUT2D eigenvalue weighted by Gasteiger charge is -2.28. The number of nitrogens with one attached hydrogen (secondary N) is 1. The molecule has 0 radical (unpaired) electrons. The van der Waals surface area contributed by atoms with Crippen molar-refractivity contribution in [2.24, 2.45) is 0 Å². The van der Waals surface area contributed by atoms with Crippen LogP contribution in [0, 0.1) is 5.82 Å². The van der Waals surface area contributed by atoms with Gasteiger partial charge in [-0.25, -0.2) is 9.37 Å². The molecule has 0 spiro atoms. The van der Waals surface area contributed by atoms with E-state index >= 15 is 0 Å². The van der Waals surface area contributed by atoms with Gasteiger partial charge >= 0.3 is 0 Å². The summed E-state index contributed by atoms with van der Waals surface area (Å²) in [4.78, 5) is 22.6. The number of aromatic nitrogens is 2. The first kappa shape index (κ1) is 28.2. The van der Waals surface area contributed by atoms with Crippen LogP contribution in [0.25, 0.3) is 22.2 Å². The number of carbonyl (C=O) groups is 1. The lowest BCUT2D eigenvalue weighted by atomic mass is 9.81. The van der Waals surface area contributed by atoms with Gasteiger partial charge in [-0.15, -0.1) is 0 Å². The van der Waals surface area contributed by atoms with E-state index in [4.69, 9.17) is 14.5 Å². The van der Waals surface area contributed by atoms with Gasteiger partial charge in [0.2, 0.25) is 0 Å². The second kappa shape index (κ2) is 10.4. The predicted molar refractivity (Wildman–Crippen MR) is 160 cm³/mol. The molecule has 0 unspecified atom stereocenters. The Morgan fingerprint density at radius 2 is 1.93 bits per heavy atom. The van der Waals surface area contributed by atoms with Crippen molar-refractivity contribution in [3.05, 3.63) is 83.4 Å². The van der Waals surface area contributed by atoms with E-state index in [1.807, 2.05) is 18.2 Å². The fourth-order valence-corrected chi connectivity index (χ4v) is 5.54. The minimum atomic E-state index is -1.42. The highest BCUT2D eigenvalue weighted by molar-refractivity contribution is 6.01. The average molecular weight is 570 g/mol. The van der Waals surface area contributed by atoms with E-state index in [0.717, 1.165) is 23.8 Å². The number of pyridine rings is 2. The quantitative estimate of drug-likeness (QED) is 0.223. The molecule has 0 amide bonds. The van der Waals surface area contributed by atoms with Crippen LogP contribution < -0.4 is 14.8 Å². The molecule has 1 aliphatic carbocycles. The fourth-order valence-electron chi connectivity index (χ4n) is 5.54. The zero-order chi connectivity index (χ0) is 29.7. The fraction of sp³-hybridized carbons (Fsp3) is 0.382. The molecule has 42 heavy (non-hydrogen) atoms. The second-order valence-corrected chi connectivity index (χ2v) is 12.5. The molecule has 2 aromatic carbocycles. The number of methoxy groups -OCH3 is 1. The summed E-state index contributed by atoms with van der Waals surface area (Å²) in [5.74, 6) is 0.722. The average Bonchev–Trinajstić information content (AvgIpc) is 3.64. The number of hydrogen-bond donors (Lipinski definition) is 2. The van der Waals surface area contributed by atoms with E-state index in [0.29, 0.717) is 52.7 Å². The van der Waals surface area contributed by atoms with Gasteiger partial charge in [0.1, 0.15) is 34.1 Å². The van der Waals surface area contributed by atoms with Gasteiger partial charge in [-0.2, -0.15) is 0 Å². The van der Waals surface area contributed by atoms with Crippen LogP contribution in [0.5, 0.6) is 11.5 Å². The molecule has 2 atom stereocenters. The largest absolute Gasteiger partial charge is 0.494 e. The maximum atomic E-state index is 13.8. The first-order chi connectivity index (χ1) is 20.0. The summed E-state index contributed by atoms with van der Waals surface area (Å²) in [5, 5.41) is 16.3. The highest BCUT2D eigenvalue weighted by Gasteiger charge is 2.44. The first-order valence-corrected chi connectivity index (χ1v) is 14.4. The van der Waals surface area contributed by atoms with Gasteiger partial charge in [0.15, 0.2) is 5.78 Å². The molecule has 0 bridgehead atoms. The smallest absolute Gasteiger partial charge is 0.163 e. The van der Waals surface area contributed by atoms with E-state index in [-0.39, 0.29) is 35.4 Å².